The predicted molar refractivity (Wildman–Crippen MR) is 73.7 cm³/mol. The van der Waals surface area contributed by atoms with Crippen molar-refractivity contribution in [1.29, 1.82) is 0 Å². The molecule has 0 aromatic heterocycles. The molecule has 2 amide bonds. The van der Waals surface area contributed by atoms with Crippen molar-refractivity contribution in [3.05, 3.63) is 34.1 Å². The number of benzene rings is 1. The van der Waals surface area contributed by atoms with Gasteiger partial charge < -0.3 is 14.9 Å². The molecule has 2 rings (SSSR count). The number of aliphatic hydroxyl groups excluding tert-OH is 1. The van der Waals surface area contributed by atoms with Crippen LogP contribution >= 0.6 is 15.9 Å². The van der Waals surface area contributed by atoms with Gasteiger partial charge in [-0.2, -0.15) is 0 Å². The third-order valence-electron chi connectivity index (χ3n) is 3.22. The summed E-state index contributed by atoms with van der Waals surface area (Å²) in [5, 5.41) is 8.78. The highest BCUT2D eigenvalue weighted by molar-refractivity contribution is 9.10. The molecule has 0 aliphatic carbocycles. The van der Waals surface area contributed by atoms with Crippen LogP contribution in [0, 0.1) is 5.82 Å². The van der Waals surface area contributed by atoms with Crippen molar-refractivity contribution < 1.29 is 19.1 Å². The number of nitrogens with zero attached hydrogens (tertiary/aromatic N) is 2. The molecule has 7 heteroatoms. The largest absolute Gasteiger partial charge is 0.387 e. The monoisotopic (exact) mass is 344 g/mol. The lowest BCUT2D eigenvalue weighted by Gasteiger charge is -2.34. The Bertz CT molecular complexity index is 530. The molecule has 1 aliphatic rings. The zero-order valence-electron chi connectivity index (χ0n) is 10.7. The SMILES string of the molecule is O=C(CO)N1CCN(C(=O)c2ccc(Br)c(F)c2)CC1. The molecule has 1 aliphatic heterocycles. The molecule has 20 heavy (non-hydrogen) atoms. The minimum absolute atomic E-state index is 0.257. The first-order valence-corrected chi connectivity index (χ1v) is 6.95. The van der Waals surface area contributed by atoms with E-state index in [-0.39, 0.29) is 17.4 Å². The molecule has 0 bridgehead atoms. The minimum atomic E-state index is -0.522. The molecule has 1 saturated heterocycles. The van der Waals surface area contributed by atoms with Gasteiger partial charge in [0.1, 0.15) is 12.4 Å². The molecular formula is C13H14BrFN2O3. The van der Waals surface area contributed by atoms with Gasteiger partial charge in [-0.25, -0.2) is 4.39 Å². The van der Waals surface area contributed by atoms with E-state index < -0.39 is 12.4 Å². The van der Waals surface area contributed by atoms with Gasteiger partial charge in [0.25, 0.3) is 5.91 Å². The number of halogens is 2. The normalized spacial score (nSPS) is 15.3. The van der Waals surface area contributed by atoms with E-state index in [1.54, 1.807) is 11.0 Å². The molecule has 1 fully saturated rings. The zero-order valence-corrected chi connectivity index (χ0v) is 12.3. The van der Waals surface area contributed by atoms with E-state index in [0.29, 0.717) is 30.7 Å². The molecule has 108 valence electrons. The van der Waals surface area contributed by atoms with Crippen LogP contribution in [0.5, 0.6) is 0 Å². The number of hydrogen-bond donors (Lipinski definition) is 1. The Morgan fingerprint density at radius 3 is 2.35 bits per heavy atom. The number of carbonyl (C=O) groups is 2. The average Bonchev–Trinajstić information content (AvgIpc) is 2.48. The van der Waals surface area contributed by atoms with Gasteiger partial charge in [-0.3, -0.25) is 9.59 Å². The summed E-state index contributed by atoms with van der Waals surface area (Å²) in [4.78, 5) is 26.6. The zero-order chi connectivity index (χ0) is 14.7. The van der Waals surface area contributed by atoms with Crippen molar-refractivity contribution in [3.63, 3.8) is 0 Å². The summed E-state index contributed by atoms with van der Waals surface area (Å²) >= 11 is 3.04. The molecule has 1 heterocycles. The molecule has 0 radical (unpaired) electrons. The molecule has 1 aromatic carbocycles. The van der Waals surface area contributed by atoms with E-state index in [4.69, 9.17) is 5.11 Å². The van der Waals surface area contributed by atoms with Gasteiger partial charge in [-0.15, -0.1) is 0 Å². The van der Waals surface area contributed by atoms with Crippen molar-refractivity contribution >= 4 is 27.7 Å². The number of amides is 2. The highest BCUT2D eigenvalue weighted by Gasteiger charge is 2.24. The predicted octanol–water partition coefficient (Wildman–Crippen LogP) is 0.865. The van der Waals surface area contributed by atoms with Crippen molar-refractivity contribution in [2.45, 2.75) is 0 Å². The molecular weight excluding hydrogens is 331 g/mol. The first-order valence-electron chi connectivity index (χ1n) is 6.16. The first-order chi connectivity index (χ1) is 9.52. The molecule has 5 nitrogen and oxygen atoms in total. The smallest absolute Gasteiger partial charge is 0.254 e. The van der Waals surface area contributed by atoms with Crippen molar-refractivity contribution in [3.8, 4) is 0 Å². The van der Waals surface area contributed by atoms with Crippen LogP contribution in [-0.4, -0.2) is 59.5 Å². The minimum Gasteiger partial charge on any atom is -0.387 e. The first kappa shape index (κ1) is 14.9. The van der Waals surface area contributed by atoms with E-state index in [1.807, 2.05) is 0 Å². The van der Waals surface area contributed by atoms with Crippen LogP contribution in [0.25, 0.3) is 0 Å². The Hall–Kier alpha value is -1.47. The summed E-state index contributed by atoms with van der Waals surface area (Å²) in [7, 11) is 0. The van der Waals surface area contributed by atoms with Gasteiger partial charge in [0.2, 0.25) is 5.91 Å². The Balaban J connectivity index is 2.01. The van der Waals surface area contributed by atoms with Gasteiger partial charge in [0, 0.05) is 31.7 Å². The van der Waals surface area contributed by atoms with Crippen LogP contribution in [0.2, 0.25) is 0 Å². The van der Waals surface area contributed by atoms with Crippen molar-refractivity contribution in [1.82, 2.24) is 9.80 Å². The maximum atomic E-state index is 13.4. The second kappa shape index (κ2) is 6.32. The highest BCUT2D eigenvalue weighted by Crippen LogP contribution is 2.18. The van der Waals surface area contributed by atoms with Crippen molar-refractivity contribution in [2.24, 2.45) is 0 Å². The molecule has 1 N–H and O–H groups in total. The number of aliphatic hydroxyl groups is 1. The Morgan fingerprint density at radius 1 is 1.20 bits per heavy atom. The Morgan fingerprint density at radius 2 is 1.80 bits per heavy atom. The van der Waals surface area contributed by atoms with E-state index in [1.165, 1.54) is 17.0 Å². The van der Waals surface area contributed by atoms with Gasteiger partial charge in [0.15, 0.2) is 0 Å². The van der Waals surface area contributed by atoms with Crippen LogP contribution in [-0.2, 0) is 4.79 Å². The summed E-state index contributed by atoms with van der Waals surface area (Å²) in [5.41, 5.74) is 0.285. The summed E-state index contributed by atoms with van der Waals surface area (Å²) in [6.07, 6.45) is 0. The maximum Gasteiger partial charge on any atom is 0.254 e. The van der Waals surface area contributed by atoms with Crippen LogP contribution in [0.4, 0.5) is 4.39 Å². The lowest BCUT2D eigenvalue weighted by Crippen LogP contribution is -2.51. The number of piperazine rings is 1. The fraction of sp³-hybridized carbons (Fsp3) is 0.385. The summed E-state index contributed by atoms with van der Waals surface area (Å²) < 4.78 is 13.7. The lowest BCUT2D eigenvalue weighted by atomic mass is 10.1. The molecule has 0 saturated carbocycles. The quantitative estimate of drug-likeness (QED) is 0.865. The summed E-state index contributed by atoms with van der Waals surface area (Å²) in [6.45, 7) is 0.991. The molecule has 0 unspecified atom stereocenters. The van der Waals surface area contributed by atoms with Crippen molar-refractivity contribution in [2.75, 3.05) is 32.8 Å². The second-order valence-electron chi connectivity index (χ2n) is 4.46. The van der Waals surface area contributed by atoms with Gasteiger partial charge in [0.05, 0.1) is 4.47 Å². The molecule has 1 aromatic rings. The lowest BCUT2D eigenvalue weighted by molar-refractivity contribution is -0.135. The van der Waals surface area contributed by atoms with E-state index >= 15 is 0 Å². The molecule has 0 atom stereocenters. The Labute approximate surface area is 124 Å². The maximum absolute atomic E-state index is 13.4. The van der Waals surface area contributed by atoms with Crippen LogP contribution in [0.3, 0.4) is 0 Å². The van der Waals surface area contributed by atoms with Gasteiger partial charge in [-0.05, 0) is 34.1 Å². The summed E-state index contributed by atoms with van der Waals surface area (Å²) in [5.74, 6) is -1.08. The van der Waals surface area contributed by atoms with E-state index in [2.05, 4.69) is 15.9 Å². The number of carbonyl (C=O) groups excluding carboxylic acids is 2. The van der Waals surface area contributed by atoms with Gasteiger partial charge >= 0.3 is 0 Å². The fourth-order valence-electron chi connectivity index (χ4n) is 2.07. The fourth-order valence-corrected chi connectivity index (χ4v) is 2.32. The highest BCUT2D eigenvalue weighted by atomic mass is 79.9. The van der Waals surface area contributed by atoms with Crippen LogP contribution < -0.4 is 0 Å². The topological polar surface area (TPSA) is 60.9 Å². The van der Waals surface area contributed by atoms with Crippen LogP contribution in [0.1, 0.15) is 10.4 Å². The number of hydrogen-bond acceptors (Lipinski definition) is 3. The third-order valence-corrected chi connectivity index (χ3v) is 3.86. The van der Waals surface area contributed by atoms with Crippen LogP contribution in [0.15, 0.2) is 22.7 Å². The number of rotatable bonds is 2. The average molecular weight is 345 g/mol. The standard InChI is InChI=1S/C13H14BrFN2O3/c14-10-2-1-9(7-11(10)15)13(20)17-5-3-16(4-6-17)12(19)8-18/h1-2,7,18H,3-6,8H2. The van der Waals surface area contributed by atoms with E-state index in [9.17, 15) is 14.0 Å². The second-order valence-corrected chi connectivity index (χ2v) is 5.31. The van der Waals surface area contributed by atoms with Gasteiger partial charge in [-0.1, -0.05) is 0 Å². The third kappa shape index (κ3) is 3.16. The summed E-state index contributed by atoms with van der Waals surface area (Å²) in [6, 6.07) is 4.24. The van der Waals surface area contributed by atoms with E-state index in [0.717, 1.165) is 0 Å². The molecule has 0 spiro atoms. The Kier molecular flexibility index (Phi) is 4.72.